The van der Waals surface area contributed by atoms with Crippen molar-refractivity contribution in [2.24, 2.45) is 11.7 Å². The maximum atomic E-state index is 12.0. The van der Waals surface area contributed by atoms with Gasteiger partial charge in [-0.2, -0.15) is 0 Å². The minimum absolute atomic E-state index is 0. The van der Waals surface area contributed by atoms with Crippen molar-refractivity contribution in [3.05, 3.63) is 29.3 Å². The molecule has 1 atom stereocenters. The van der Waals surface area contributed by atoms with Crippen LogP contribution in [0.1, 0.15) is 38.3 Å². The second-order valence-electron chi connectivity index (χ2n) is 6.11. The second kappa shape index (κ2) is 12.1. The highest BCUT2D eigenvalue weighted by molar-refractivity contribution is 5.85. The standard InChI is InChI=1S/C18H30N2O3.ClH/c1-5-22-8-9-23-17-11-14(4)6-7-15(17)12-20-18(21)16(19)10-13(2)3;/h6-7,11,13,16H,5,8-10,12,19H2,1-4H3,(H,20,21);1H/t16-;/m0./s1. The van der Waals surface area contributed by atoms with Gasteiger partial charge in [-0.05, 0) is 37.8 Å². The van der Waals surface area contributed by atoms with Crippen molar-refractivity contribution in [3.63, 3.8) is 0 Å². The molecule has 1 aromatic carbocycles. The number of nitrogens with one attached hydrogen (secondary N) is 1. The number of carbonyl (C=O) groups excluding carboxylic acids is 1. The van der Waals surface area contributed by atoms with Gasteiger partial charge in [-0.25, -0.2) is 0 Å². The molecule has 0 radical (unpaired) electrons. The minimum atomic E-state index is -0.470. The van der Waals surface area contributed by atoms with Crippen molar-refractivity contribution in [3.8, 4) is 5.75 Å². The van der Waals surface area contributed by atoms with E-state index < -0.39 is 6.04 Å². The Kier molecular flexibility index (Phi) is 11.5. The van der Waals surface area contributed by atoms with Crippen molar-refractivity contribution in [1.29, 1.82) is 0 Å². The molecule has 0 aliphatic carbocycles. The Balaban J connectivity index is 0.00000529. The number of halogens is 1. The summed E-state index contributed by atoms with van der Waals surface area (Å²) in [6, 6.07) is 5.48. The van der Waals surface area contributed by atoms with E-state index in [1.54, 1.807) is 0 Å². The molecular formula is C18H31ClN2O3. The summed E-state index contributed by atoms with van der Waals surface area (Å²) in [4.78, 5) is 12.0. The lowest BCUT2D eigenvalue weighted by atomic mass is 10.0. The van der Waals surface area contributed by atoms with Gasteiger partial charge in [-0.3, -0.25) is 4.79 Å². The van der Waals surface area contributed by atoms with E-state index in [4.69, 9.17) is 15.2 Å². The molecule has 0 aliphatic rings. The molecule has 3 N–H and O–H groups in total. The Labute approximate surface area is 151 Å². The van der Waals surface area contributed by atoms with E-state index in [0.29, 0.717) is 38.7 Å². The highest BCUT2D eigenvalue weighted by Gasteiger charge is 2.15. The predicted octanol–water partition coefficient (Wildman–Crippen LogP) is 2.82. The zero-order valence-corrected chi connectivity index (χ0v) is 15.9. The van der Waals surface area contributed by atoms with Crippen LogP contribution in [0.3, 0.4) is 0 Å². The number of hydrogen-bond donors (Lipinski definition) is 2. The molecule has 0 unspecified atom stereocenters. The summed E-state index contributed by atoms with van der Waals surface area (Å²) in [5.74, 6) is 1.05. The summed E-state index contributed by atoms with van der Waals surface area (Å²) in [5.41, 5.74) is 7.95. The molecule has 0 saturated carbocycles. The summed E-state index contributed by atoms with van der Waals surface area (Å²) in [5, 5.41) is 2.89. The third kappa shape index (κ3) is 8.52. The van der Waals surface area contributed by atoms with Crippen molar-refractivity contribution in [2.75, 3.05) is 19.8 Å². The van der Waals surface area contributed by atoms with E-state index in [2.05, 4.69) is 19.2 Å². The fourth-order valence-corrected chi connectivity index (χ4v) is 2.23. The van der Waals surface area contributed by atoms with Gasteiger partial charge in [0.2, 0.25) is 5.91 Å². The van der Waals surface area contributed by atoms with Gasteiger partial charge in [-0.15, -0.1) is 12.4 Å². The van der Waals surface area contributed by atoms with Crippen molar-refractivity contribution < 1.29 is 14.3 Å². The summed E-state index contributed by atoms with van der Waals surface area (Å²) in [7, 11) is 0. The lowest BCUT2D eigenvalue weighted by Gasteiger charge is -2.16. The molecule has 0 spiro atoms. The molecule has 1 aromatic rings. The van der Waals surface area contributed by atoms with Gasteiger partial charge in [0, 0.05) is 18.7 Å². The van der Waals surface area contributed by atoms with Crippen molar-refractivity contribution >= 4 is 18.3 Å². The third-order valence-corrected chi connectivity index (χ3v) is 3.43. The van der Waals surface area contributed by atoms with Crippen LogP contribution in [0.15, 0.2) is 18.2 Å². The Morgan fingerprint density at radius 3 is 2.62 bits per heavy atom. The lowest BCUT2D eigenvalue weighted by molar-refractivity contribution is -0.122. The number of aryl methyl sites for hydroxylation is 1. The van der Waals surface area contributed by atoms with E-state index >= 15 is 0 Å². The third-order valence-electron chi connectivity index (χ3n) is 3.43. The number of hydrogen-bond acceptors (Lipinski definition) is 4. The first-order valence-corrected chi connectivity index (χ1v) is 8.27. The smallest absolute Gasteiger partial charge is 0.237 e. The molecule has 0 fully saturated rings. The van der Waals surface area contributed by atoms with E-state index in [-0.39, 0.29) is 18.3 Å². The summed E-state index contributed by atoms with van der Waals surface area (Å²) in [6.07, 6.45) is 0.678. The van der Waals surface area contributed by atoms with Gasteiger partial charge in [0.15, 0.2) is 0 Å². The molecule has 6 heteroatoms. The highest BCUT2D eigenvalue weighted by atomic mass is 35.5. The molecule has 5 nitrogen and oxygen atoms in total. The molecule has 138 valence electrons. The largest absolute Gasteiger partial charge is 0.491 e. The van der Waals surface area contributed by atoms with Crippen LogP contribution in [-0.4, -0.2) is 31.8 Å². The molecule has 0 aliphatic heterocycles. The SMILES string of the molecule is CCOCCOc1cc(C)ccc1CNC(=O)[C@@H](N)CC(C)C.Cl. The number of ether oxygens (including phenoxy) is 2. The Morgan fingerprint density at radius 1 is 1.29 bits per heavy atom. The van der Waals surface area contributed by atoms with Gasteiger partial charge in [0.05, 0.1) is 12.6 Å². The van der Waals surface area contributed by atoms with Crippen LogP contribution in [-0.2, 0) is 16.1 Å². The first-order valence-electron chi connectivity index (χ1n) is 8.27. The van der Waals surface area contributed by atoms with Crippen LogP contribution in [0.25, 0.3) is 0 Å². The van der Waals surface area contributed by atoms with Crippen LogP contribution in [0.2, 0.25) is 0 Å². The van der Waals surface area contributed by atoms with Crippen molar-refractivity contribution in [1.82, 2.24) is 5.32 Å². The quantitative estimate of drug-likeness (QED) is 0.631. The topological polar surface area (TPSA) is 73.6 Å². The molecule has 24 heavy (non-hydrogen) atoms. The summed E-state index contributed by atoms with van der Waals surface area (Å²) >= 11 is 0. The van der Waals surface area contributed by atoms with Crippen LogP contribution in [0.5, 0.6) is 5.75 Å². The fourth-order valence-electron chi connectivity index (χ4n) is 2.23. The van der Waals surface area contributed by atoms with Crippen LogP contribution >= 0.6 is 12.4 Å². The van der Waals surface area contributed by atoms with Crippen LogP contribution < -0.4 is 15.8 Å². The van der Waals surface area contributed by atoms with Gasteiger partial charge < -0.3 is 20.5 Å². The molecule has 0 saturated heterocycles. The number of nitrogens with two attached hydrogens (primary N) is 1. The molecule has 0 heterocycles. The Hall–Kier alpha value is -1.30. The normalized spacial score (nSPS) is 11.8. The van der Waals surface area contributed by atoms with E-state index in [1.807, 2.05) is 32.0 Å². The predicted molar refractivity (Wildman–Crippen MR) is 99.7 cm³/mol. The highest BCUT2D eigenvalue weighted by Crippen LogP contribution is 2.20. The first kappa shape index (κ1) is 22.7. The van der Waals surface area contributed by atoms with Crippen LogP contribution in [0, 0.1) is 12.8 Å². The van der Waals surface area contributed by atoms with Crippen LogP contribution in [0.4, 0.5) is 0 Å². The maximum Gasteiger partial charge on any atom is 0.237 e. The van der Waals surface area contributed by atoms with Crippen molar-refractivity contribution in [2.45, 2.75) is 46.7 Å². The lowest BCUT2D eigenvalue weighted by Crippen LogP contribution is -2.41. The van der Waals surface area contributed by atoms with Gasteiger partial charge in [0.25, 0.3) is 0 Å². The average Bonchev–Trinajstić information content (AvgIpc) is 2.49. The Morgan fingerprint density at radius 2 is 2.00 bits per heavy atom. The van der Waals surface area contributed by atoms with Gasteiger partial charge >= 0.3 is 0 Å². The maximum absolute atomic E-state index is 12.0. The zero-order valence-electron chi connectivity index (χ0n) is 15.1. The first-order chi connectivity index (χ1) is 10.9. The number of amides is 1. The second-order valence-corrected chi connectivity index (χ2v) is 6.11. The summed E-state index contributed by atoms with van der Waals surface area (Å²) in [6.45, 7) is 10.2. The molecule has 0 aromatic heterocycles. The number of carbonyl (C=O) groups is 1. The monoisotopic (exact) mass is 358 g/mol. The molecule has 0 bridgehead atoms. The van der Waals surface area contributed by atoms with E-state index in [9.17, 15) is 4.79 Å². The Bertz CT molecular complexity index is 495. The summed E-state index contributed by atoms with van der Waals surface area (Å²) < 4.78 is 11.1. The molecular weight excluding hydrogens is 328 g/mol. The number of benzene rings is 1. The zero-order chi connectivity index (χ0) is 17.2. The molecule has 1 amide bonds. The average molecular weight is 359 g/mol. The van der Waals surface area contributed by atoms with Gasteiger partial charge in [0.1, 0.15) is 12.4 Å². The minimum Gasteiger partial charge on any atom is -0.491 e. The fraction of sp³-hybridized carbons (Fsp3) is 0.611. The molecule has 1 rings (SSSR count). The van der Waals surface area contributed by atoms with E-state index in [1.165, 1.54) is 0 Å². The van der Waals surface area contributed by atoms with Gasteiger partial charge in [-0.1, -0.05) is 26.0 Å². The van der Waals surface area contributed by atoms with E-state index in [0.717, 1.165) is 16.9 Å². The number of rotatable bonds is 10.